The predicted octanol–water partition coefficient (Wildman–Crippen LogP) is 5.73. The molecule has 0 saturated carbocycles. The molecule has 1 N–H and O–H groups in total. The van der Waals surface area contributed by atoms with Crippen LogP contribution in [0.5, 0.6) is 17.2 Å². The van der Waals surface area contributed by atoms with Gasteiger partial charge in [0.25, 0.3) is 5.91 Å². The van der Waals surface area contributed by atoms with Gasteiger partial charge in [-0.15, -0.1) is 10.2 Å². The second-order valence-corrected chi connectivity index (χ2v) is 11.7. The van der Waals surface area contributed by atoms with E-state index < -0.39 is 5.97 Å². The van der Waals surface area contributed by atoms with Crippen molar-refractivity contribution in [3.8, 4) is 34.3 Å². The van der Waals surface area contributed by atoms with Gasteiger partial charge in [-0.1, -0.05) is 74.5 Å². The molecule has 3 aromatic carbocycles. The summed E-state index contributed by atoms with van der Waals surface area (Å²) in [7, 11) is 2.90. The largest absolute Gasteiger partial charge is 0.493 e. The number of esters is 1. The summed E-state index contributed by atoms with van der Waals surface area (Å²) in [6.45, 7) is 9.85. The van der Waals surface area contributed by atoms with E-state index in [1.165, 1.54) is 44.7 Å². The molecule has 43 heavy (non-hydrogen) atoms. The fourth-order valence-corrected chi connectivity index (χ4v) is 4.90. The number of thioether (sulfide) groups is 1. The van der Waals surface area contributed by atoms with Gasteiger partial charge in [-0.2, -0.15) is 5.10 Å². The summed E-state index contributed by atoms with van der Waals surface area (Å²) in [5, 5.41) is 13.6. The van der Waals surface area contributed by atoms with Gasteiger partial charge in [0.15, 0.2) is 22.5 Å². The maximum Gasteiger partial charge on any atom is 0.308 e. The van der Waals surface area contributed by atoms with Crippen molar-refractivity contribution in [3.05, 3.63) is 77.4 Å². The number of methoxy groups -OCH3 is 2. The molecule has 0 bridgehead atoms. The number of hydrogen-bond acceptors (Lipinski definition) is 9. The van der Waals surface area contributed by atoms with Gasteiger partial charge in [-0.3, -0.25) is 14.2 Å². The Morgan fingerprint density at radius 2 is 1.60 bits per heavy atom. The van der Waals surface area contributed by atoms with Crippen LogP contribution < -0.4 is 19.6 Å². The Morgan fingerprint density at radius 3 is 2.16 bits per heavy atom. The average Bonchev–Trinajstić information content (AvgIpc) is 3.40. The summed E-state index contributed by atoms with van der Waals surface area (Å²) < 4.78 is 17.8. The molecule has 0 aliphatic carbocycles. The molecule has 4 rings (SSSR count). The van der Waals surface area contributed by atoms with Crippen LogP contribution in [0.25, 0.3) is 17.1 Å². The van der Waals surface area contributed by atoms with E-state index in [1.54, 1.807) is 12.1 Å². The van der Waals surface area contributed by atoms with Gasteiger partial charge < -0.3 is 14.2 Å². The van der Waals surface area contributed by atoms with Gasteiger partial charge in [-0.05, 0) is 42.2 Å². The molecule has 0 unspecified atom stereocenters. The average molecular weight is 602 g/mol. The smallest absolute Gasteiger partial charge is 0.308 e. The molecule has 0 aliphatic rings. The third kappa shape index (κ3) is 7.81. The molecule has 0 aliphatic heterocycles. The lowest BCUT2D eigenvalue weighted by atomic mass is 9.87. The maximum absolute atomic E-state index is 12.7. The normalized spacial score (nSPS) is 11.4. The fourth-order valence-electron chi connectivity index (χ4n) is 4.16. The molecule has 1 aromatic heterocycles. The number of aryl methyl sites for hydroxylation is 1. The first-order valence-electron chi connectivity index (χ1n) is 13.5. The highest BCUT2D eigenvalue weighted by molar-refractivity contribution is 7.99. The first-order chi connectivity index (χ1) is 20.5. The van der Waals surface area contributed by atoms with Crippen LogP contribution in [0, 0.1) is 6.92 Å². The number of hydrogen-bond donors (Lipinski definition) is 1. The molecule has 10 nitrogen and oxygen atoms in total. The van der Waals surface area contributed by atoms with Crippen LogP contribution in [0.1, 0.15) is 44.4 Å². The molecule has 11 heteroatoms. The minimum absolute atomic E-state index is 0.0332. The summed E-state index contributed by atoms with van der Waals surface area (Å²) in [5.74, 6) is 0.650. The van der Waals surface area contributed by atoms with Crippen LogP contribution in [0.4, 0.5) is 0 Å². The lowest BCUT2D eigenvalue weighted by Crippen LogP contribution is -2.20. The third-order valence-corrected chi connectivity index (χ3v) is 7.33. The van der Waals surface area contributed by atoms with Gasteiger partial charge >= 0.3 is 5.97 Å². The molecule has 0 fully saturated rings. The first-order valence-corrected chi connectivity index (χ1v) is 14.5. The van der Waals surface area contributed by atoms with Crippen molar-refractivity contribution >= 4 is 29.9 Å². The quantitative estimate of drug-likeness (QED) is 0.0806. The number of nitrogens with one attached hydrogen (secondary N) is 1. The highest BCUT2D eigenvalue weighted by atomic mass is 32.2. The zero-order valence-corrected chi connectivity index (χ0v) is 26.1. The van der Waals surface area contributed by atoms with Gasteiger partial charge in [0.1, 0.15) is 0 Å². The lowest BCUT2D eigenvalue weighted by molar-refractivity contribution is -0.132. The summed E-state index contributed by atoms with van der Waals surface area (Å²) in [5.41, 5.74) is 7.31. The summed E-state index contributed by atoms with van der Waals surface area (Å²) in [4.78, 5) is 24.2. The summed E-state index contributed by atoms with van der Waals surface area (Å²) in [6.07, 6.45) is 1.44. The van der Waals surface area contributed by atoms with Crippen LogP contribution >= 0.6 is 11.8 Å². The van der Waals surface area contributed by atoms with Crippen LogP contribution in [0.15, 0.2) is 70.9 Å². The van der Waals surface area contributed by atoms with E-state index in [4.69, 9.17) is 14.2 Å². The fraction of sp³-hybridized carbons (Fsp3) is 0.281. The Balaban J connectivity index is 1.51. The van der Waals surface area contributed by atoms with Gasteiger partial charge in [0, 0.05) is 23.7 Å². The lowest BCUT2D eigenvalue weighted by Gasteiger charge is -2.19. The third-order valence-electron chi connectivity index (χ3n) is 6.40. The maximum atomic E-state index is 12.7. The number of carbonyl (C=O) groups is 2. The van der Waals surface area contributed by atoms with Crippen molar-refractivity contribution in [1.29, 1.82) is 0 Å². The Hall–Kier alpha value is -4.64. The summed E-state index contributed by atoms with van der Waals surface area (Å²) in [6, 6.07) is 19.6. The van der Waals surface area contributed by atoms with E-state index in [-0.39, 0.29) is 34.3 Å². The van der Waals surface area contributed by atoms with Crippen LogP contribution in [-0.2, 0) is 15.0 Å². The molecule has 0 atom stereocenters. The highest BCUT2D eigenvalue weighted by Gasteiger charge is 2.19. The molecule has 0 radical (unpaired) electrons. The standard InChI is InChI=1S/C32H35N5O5S/c1-20-8-14-25(15-9-20)37-30(23-10-12-24(13-11-23)32(3,4)5)35-36-31(37)43-19-28(39)34-33-18-22-16-26(40-6)29(42-21(2)38)27(17-22)41-7/h8-18H,19H2,1-7H3,(H,34,39). The number of benzene rings is 3. The van der Waals surface area contributed by atoms with Crippen LogP contribution in [-0.4, -0.2) is 52.8 Å². The number of nitrogens with zero attached hydrogens (tertiary/aromatic N) is 4. The highest BCUT2D eigenvalue weighted by Crippen LogP contribution is 2.38. The van der Waals surface area contributed by atoms with E-state index in [0.29, 0.717) is 16.5 Å². The monoisotopic (exact) mass is 601 g/mol. The van der Waals surface area contributed by atoms with E-state index in [0.717, 1.165) is 16.8 Å². The van der Waals surface area contributed by atoms with E-state index in [2.05, 4.69) is 53.6 Å². The van der Waals surface area contributed by atoms with Gasteiger partial charge in [0.05, 0.1) is 26.2 Å². The Bertz CT molecular complexity index is 1600. The van der Waals surface area contributed by atoms with Crippen LogP contribution in [0.3, 0.4) is 0 Å². The molecule has 0 spiro atoms. The number of ether oxygens (including phenoxy) is 3. The first kappa shape index (κ1) is 31.3. The molecule has 224 valence electrons. The number of carbonyl (C=O) groups excluding carboxylic acids is 2. The Morgan fingerprint density at radius 1 is 0.977 bits per heavy atom. The number of aromatic nitrogens is 3. The second kappa shape index (κ2) is 13.6. The van der Waals surface area contributed by atoms with E-state index in [1.807, 2.05) is 47.9 Å². The second-order valence-electron chi connectivity index (χ2n) is 10.7. The van der Waals surface area contributed by atoms with Crippen molar-refractivity contribution in [3.63, 3.8) is 0 Å². The van der Waals surface area contributed by atoms with E-state index >= 15 is 0 Å². The number of hydrazone groups is 1. The zero-order chi connectivity index (χ0) is 31.1. The molecular formula is C32H35N5O5S. The SMILES string of the molecule is COc1cc(C=NNC(=O)CSc2nnc(-c3ccc(C(C)(C)C)cc3)n2-c2ccc(C)cc2)cc(OC)c1OC(C)=O. The topological polar surface area (TPSA) is 117 Å². The minimum Gasteiger partial charge on any atom is -0.493 e. The van der Waals surface area contributed by atoms with Gasteiger partial charge in [0.2, 0.25) is 5.75 Å². The number of amides is 1. The zero-order valence-electron chi connectivity index (χ0n) is 25.3. The Kier molecular flexibility index (Phi) is 9.87. The van der Waals surface area contributed by atoms with Crippen molar-refractivity contribution in [2.75, 3.05) is 20.0 Å². The van der Waals surface area contributed by atoms with Crippen molar-refractivity contribution in [1.82, 2.24) is 20.2 Å². The molecular weight excluding hydrogens is 566 g/mol. The molecule has 4 aromatic rings. The van der Waals surface area contributed by atoms with Crippen LogP contribution in [0.2, 0.25) is 0 Å². The minimum atomic E-state index is -0.508. The molecule has 0 saturated heterocycles. The van der Waals surface area contributed by atoms with Crippen molar-refractivity contribution in [2.45, 2.75) is 45.2 Å². The molecule has 1 amide bonds. The predicted molar refractivity (Wildman–Crippen MR) is 168 cm³/mol. The number of rotatable bonds is 10. The summed E-state index contributed by atoms with van der Waals surface area (Å²) >= 11 is 1.26. The Labute approximate surface area is 255 Å². The van der Waals surface area contributed by atoms with Crippen molar-refractivity contribution < 1.29 is 23.8 Å². The van der Waals surface area contributed by atoms with Gasteiger partial charge in [-0.25, -0.2) is 5.43 Å². The van der Waals surface area contributed by atoms with E-state index in [9.17, 15) is 9.59 Å². The van der Waals surface area contributed by atoms with Crippen molar-refractivity contribution in [2.24, 2.45) is 5.10 Å². The molecule has 1 heterocycles.